The molecule has 1 atom stereocenters. The molecule has 0 spiro atoms. The van der Waals surface area contributed by atoms with Gasteiger partial charge in [0.1, 0.15) is 17.6 Å². The first kappa shape index (κ1) is 18.7. The first-order valence-electron chi connectivity index (χ1n) is 10.4. The standard InChI is InChI=1S/C22H28N4O2/c1-3-24-14-15-25(16(2)21(24)27)22(28)19-18-12-8-5-9-13-26(18)20(23-19)17-10-6-4-7-11-17/h4,6-7,10-11,16H,3,5,8-9,12-15H2,1-2H3. The molecular formula is C22H28N4O2. The lowest BCUT2D eigenvalue weighted by Gasteiger charge is -2.38. The van der Waals surface area contributed by atoms with Crippen molar-refractivity contribution in [1.82, 2.24) is 19.4 Å². The van der Waals surface area contributed by atoms with Gasteiger partial charge in [-0.05, 0) is 33.1 Å². The predicted octanol–water partition coefficient (Wildman–Crippen LogP) is 2.97. The summed E-state index contributed by atoms with van der Waals surface area (Å²) in [6, 6.07) is 9.63. The van der Waals surface area contributed by atoms with Gasteiger partial charge in [-0.25, -0.2) is 4.98 Å². The molecule has 2 aromatic rings. The largest absolute Gasteiger partial charge is 0.339 e. The topological polar surface area (TPSA) is 58.4 Å². The summed E-state index contributed by atoms with van der Waals surface area (Å²) in [7, 11) is 0. The van der Waals surface area contributed by atoms with Crippen molar-refractivity contribution in [2.24, 2.45) is 0 Å². The SMILES string of the molecule is CCN1CCN(C(=O)c2nc(-c3ccccc3)n3c2CCCCC3)C(C)C1=O. The minimum Gasteiger partial charge on any atom is -0.339 e. The van der Waals surface area contributed by atoms with Gasteiger partial charge in [0.2, 0.25) is 5.91 Å². The Morgan fingerprint density at radius 3 is 2.64 bits per heavy atom. The number of carbonyl (C=O) groups excluding carboxylic acids is 2. The van der Waals surface area contributed by atoms with E-state index >= 15 is 0 Å². The lowest BCUT2D eigenvalue weighted by Crippen LogP contribution is -2.57. The van der Waals surface area contributed by atoms with Crippen LogP contribution in [0, 0.1) is 0 Å². The van der Waals surface area contributed by atoms with Crippen molar-refractivity contribution >= 4 is 11.8 Å². The minimum absolute atomic E-state index is 0.0238. The molecule has 0 aliphatic carbocycles. The lowest BCUT2D eigenvalue weighted by molar-refractivity contribution is -0.139. The highest BCUT2D eigenvalue weighted by atomic mass is 16.2. The van der Waals surface area contributed by atoms with Gasteiger partial charge in [0.05, 0.1) is 5.69 Å². The van der Waals surface area contributed by atoms with Gasteiger partial charge in [0.15, 0.2) is 0 Å². The predicted molar refractivity (Wildman–Crippen MR) is 108 cm³/mol. The Morgan fingerprint density at radius 1 is 1.11 bits per heavy atom. The zero-order chi connectivity index (χ0) is 19.7. The number of likely N-dealkylation sites (N-methyl/N-ethyl adjacent to an activating group) is 1. The maximum atomic E-state index is 13.5. The zero-order valence-electron chi connectivity index (χ0n) is 16.7. The van der Waals surface area contributed by atoms with Crippen LogP contribution in [0.4, 0.5) is 0 Å². The molecule has 3 heterocycles. The highest BCUT2D eigenvalue weighted by Crippen LogP contribution is 2.28. The maximum absolute atomic E-state index is 13.5. The molecule has 1 aromatic heterocycles. The monoisotopic (exact) mass is 380 g/mol. The fraction of sp³-hybridized carbons (Fsp3) is 0.500. The highest BCUT2D eigenvalue weighted by Gasteiger charge is 2.36. The van der Waals surface area contributed by atoms with E-state index in [1.807, 2.05) is 49.1 Å². The molecule has 6 nitrogen and oxygen atoms in total. The summed E-state index contributed by atoms with van der Waals surface area (Å²) in [5, 5.41) is 0. The van der Waals surface area contributed by atoms with Crippen molar-refractivity contribution in [2.75, 3.05) is 19.6 Å². The molecule has 2 aliphatic heterocycles. The molecule has 28 heavy (non-hydrogen) atoms. The van der Waals surface area contributed by atoms with E-state index in [9.17, 15) is 9.59 Å². The van der Waals surface area contributed by atoms with Crippen molar-refractivity contribution in [3.63, 3.8) is 0 Å². The van der Waals surface area contributed by atoms with E-state index in [-0.39, 0.29) is 11.8 Å². The molecule has 2 amide bonds. The molecule has 0 N–H and O–H groups in total. The van der Waals surface area contributed by atoms with Crippen LogP contribution in [0.3, 0.4) is 0 Å². The van der Waals surface area contributed by atoms with Crippen LogP contribution in [0.25, 0.3) is 11.4 Å². The number of nitrogens with zero attached hydrogens (tertiary/aromatic N) is 4. The molecule has 6 heteroatoms. The molecule has 1 fully saturated rings. The molecule has 1 saturated heterocycles. The number of hydrogen-bond donors (Lipinski definition) is 0. The van der Waals surface area contributed by atoms with Crippen molar-refractivity contribution in [2.45, 2.75) is 52.1 Å². The number of piperazine rings is 1. The van der Waals surface area contributed by atoms with Crippen molar-refractivity contribution in [3.05, 3.63) is 41.7 Å². The summed E-state index contributed by atoms with van der Waals surface area (Å²) in [6.45, 7) is 6.53. The number of aromatic nitrogens is 2. The van der Waals surface area contributed by atoms with Crippen LogP contribution in [-0.2, 0) is 17.8 Å². The van der Waals surface area contributed by atoms with Crippen LogP contribution >= 0.6 is 0 Å². The van der Waals surface area contributed by atoms with Crippen LogP contribution in [-0.4, -0.2) is 56.8 Å². The Hall–Kier alpha value is -2.63. The Labute approximate surface area is 166 Å². The van der Waals surface area contributed by atoms with Crippen molar-refractivity contribution in [1.29, 1.82) is 0 Å². The molecule has 1 aromatic carbocycles. The van der Waals surface area contributed by atoms with Gasteiger partial charge in [-0.1, -0.05) is 36.8 Å². The number of benzene rings is 1. The minimum atomic E-state index is -0.440. The van der Waals surface area contributed by atoms with Gasteiger partial charge in [0, 0.05) is 31.7 Å². The summed E-state index contributed by atoms with van der Waals surface area (Å²) < 4.78 is 2.23. The quantitative estimate of drug-likeness (QED) is 0.823. The molecular weight excluding hydrogens is 352 g/mol. The summed E-state index contributed by atoms with van der Waals surface area (Å²) in [4.78, 5) is 34.4. The number of amides is 2. The third-order valence-electron chi connectivity index (χ3n) is 5.99. The number of imidazole rings is 1. The molecule has 4 rings (SSSR count). The Bertz CT molecular complexity index is 874. The van der Waals surface area contributed by atoms with Gasteiger partial charge in [-0.2, -0.15) is 0 Å². The molecule has 148 valence electrons. The average Bonchev–Trinajstić information content (AvgIpc) is 2.91. The fourth-order valence-electron chi connectivity index (χ4n) is 4.36. The molecule has 0 radical (unpaired) electrons. The van der Waals surface area contributed by atoms with E-state index in [0.717, 1.165) is 49.3 Å². The van der Waals surface area contributed by atoms with Gasteiger partial charge < -0.3 is 14.4 Å². The smallest absolute Gasteiger partial charge is 0.275 e. The number of hydrogen-bond acceptors (Lipinski definition) is 3. The van der Waals surface area contributed by atoms with Gasteiger partial charge >= 0.3 is 0 Å². The van der Waals surface area contributed by atoms with E-state index in [2.05, 4.69) is 4.57 Å². The molecule has 2 aliphatic rings. The van der Waals surface area contributed by atoms with E-state index in [4.69, 9.17) is 4.98 Å². The first-order valence-corrected chi connectivity index (χ1v) is 10.4. The van der Waals surface area contributed by atoms with Crippen LogP contribution < -0.4 is 0 Å². The van der Waals surface area contributed by atoms with Crippen LogP contribution in [0.2, 0.25) is 0 Å². The summed E-state index contributed by atoms with van der Waals surface area (Å²) in [5.74, 6) is 0.784. The van der Waals surface area contributed by atoms with E-state index in [0.29, 0.717) is 25.3 Å². The highest BCUT2D eigenvalue weighted by molar-refractivity contribution is 5.98. The van der Waals surface area contributed by atoms with Gasteiger partial charge in [-0.15, -0.1) is 0 Å². The average molecular weight is 380 g/mol. The van der Waals surface area contributed by atoms with E-state index < -0.39 is 6.04 Å². The Balaban J connectivity index is 1.72. The maximum Gasteiger partial charge on any atom is 0.275 e. The van der Waals surface area contributed by atoms with Crippen LogP contribution in [0.5, 0.6) is 0 Å². The number of rotatable bonds is 3. The Kier molecular flexibility index (Phi) is 5.20. The molecule has 1 unspecified atom stereocenters. The summed E-state index contributed by atoms with van der Waals surface area (Å²) in [5.41, 5.74) is 2.59. The van der Waals surface area contributed by atoms with Crippen molar-refractivity contribution < 1.29 is 9.59 Å². The second-order valence-corrected chi connectivity index (χ2v) is 7.65. The van der Waals surface area contributed by atoms with Crippen molar-refractivity contribution in [3.8, 4) is 11.4 Å². The van der Waals surface area contributed by atoms with Gasteiger partial charge in [0.25, 0.3) is 5.91 Å². The van der Waals surface area contributed by atoms with Crippen LogP contribution in [0.1, 0.15) is 49.3 Å². The first-order chi connectivity index (χ1) is 13.6. The normalized spacial score (nSPS) is 20.1. The third-order valence-corrected chi connectivity index (χ3v) is 5.99. The fourth-order valence-corrected chi connectivity index (χ4v) is 4.36. The van der Waals surface area contributed by atoms with Gasteiger partial charge in [-0.3, -0.25) is 9.59 Å². The summed E-state index contributed by atoms with van der Waals surface area (Å²) >= 11 is 0. The lowest BCUT2D eigenvalue weighted by atomic mass is 10.1. The third kappa shape index (κ3) is 3.21. The second kappa shape index (κ2) is 7.78. The van der Waals surface area contributed by atoms with E-state index in [1.165, 1.54) is 0 Å². The number of carbonyl (C=O) groups is 2. The van der Waals surface area contributed by atoms with E-state index in [1.54, 1.807) is 4.90 Å². The second-order valence-electron chi connectivity index (χ2n) is 7.65. The summed E-state index contributed by atoms with van der Waals surface area (Å²) in [6.07, 6.45) is 4.19. The zero-order valence-corrected chi connectivity index (χ0v) is 16.7. The molecule has 0 saturated carbocycles. The number of fused-ring (bicyclic) bond motifs is 1. The Morgan fingerprint density at radius 2 is 1.89 bits per heavy atom. The molecule has 0 bridgehead atoms. The van der Waals surface area contributed by atoms with Crippen LogP contribution in [0.15, 0.2) is 30.3 Å².